The predicted octanol–water partition coefficient (Wildman–Crippen LogP) is 2.56. The molecule has 0 aliphatic carbocycles. The van der Waals surface area contributed by atoms with Crippen LogP contribution in [0.5, 0.6) is 0 Å². The van der Waals surface area contributed by atoms with Gasteiger partial charge in [-0.2, -0.15) is 13.2 Å². The molecule has 4 N–H and O–H groups in total. The molecule has 1 amide bonds. The summed E-state index contributed by atoms with van der Waals surface area (Å²) >= 11 is 0. The molecule has 0 spiro atoms. The molecule has 0 saturated carbocycles. The smallest absolute Gasteiger partial charge is 0.409 e. The van der Waals surface area contributed by atoms with Gasteiger partial charge in [0.25, 0.3) is 0 Å². The first-order valence-electron chi connectivity index (χ1n) is 5.85. The number of carbonyl (C=O) groups excluding carboxylic acids is 1. The summed E-state index contributed by atoms with van der Waals surface area (Å²) in [6.07, 6.45) is -4.54. The average Bonchev–Trinajstić information content (AvgIpc) is 2.40. The zero-order valence-electron chi connectivity index (χ0n) is 10.9. The second-order valence-electron chi connectivity index (χ2n) is 4.17. The lowest BCUT2D eigenvalue weighted by molar-refractivity contribution is -0.137. The van der Waals surface area contributed by atoms with E-state index in [-0.39, 0.29) is 6.42 Å². The quantitative estimate of drug-likeness (QED) is 0.263. The van der Waals surface area contributed by atoms with Gasteiger partial charge in [-0.15, -0.1) is 0 Å². The molecule has 0 aromatic heterocycles. The number of halogens is 4. The molecule has 1 atom stereocenters. The number of amides is 1. The van der Waals surface area contributed by atoms with Crippen LogP contribution in [0.1, 0.15) is 18.9 Å². The van der Waals surface area contributed by atoms with Gasteiger partial charge in [0.1, 0.15) is 5.82 Å². The first kappa shape index (κ1) is 16.7. The molecule has 0 saturated heterocycles. The van der Waals surface area contributed by atoms with Crippen molar-refractivity contribution in [3.8, 4) is 0 Å². The predicted molar refractivity (Wildman–Crippen MR) is 67.2 cm³/mol. The maximum absolute atomic E-state index is 13.5. The topological polar surface area (TPSA) is 87.7 Å². The van der Waals surface area contributed by atoms with Crippen LogP contribution in [0.4, 0.5) is 23.2 Å². The van der Waals surface area contributed by atoms with Crippen LogP contribution in [0.15, 0.2) is 23.4 Å². The molecular weight excluding hydrogens is 294 g/mol. The molecule has 0 bridgehead atoms. The maximum Gasteiger partial charge on any atom is 0.416 e. The molecule has 0 radical (unpaired) electrons. The highest BCUT2D eigenvalue weighted by Crippen LogP contribution is 2.31. The van der Waals surface area contributed by atoms with E-state index < -0.39 is 40.9 Å². The molecule has 1 rings (SSSR count). The number of nitrogens with one attached hydrogen (secondary N) is 1. The number of nitrogens with two attached hydrogens (primary N) is 1. The molecular formula is C12H13F4N3O2. The van der Waals surface area contributed by atoms with Gasteiger partial charge in [0.2, 0.25) is 5.91 Å². The van der Waals surface area contributed by atoms with Gasteiger partial charge >= 0.3 is 6.18 Å². The lowest BCUT2D eigenvalue weighted by Crippen LogP contribution is -2.34. The summed E-state index contributed by atoms with van der Waals surface area (Å²) in [5, 5.41) is 13.2. The normalized spacial score (nSPS) is 13.9. The van der Waals surface area contributed by atoms with E-state index in [1.807, 2.05) is 5.32 Å². The van der Waals surface area contributed by atoms with E-state index in [1.165, 1.54) is 0 Å². The van der Waals surface area contributed by atoms with Crippen LogP contribution >= 0.6 is 0 Å². The number of rotatable bonds is 4. The SMILES string of the molecule is CCC(C(=O)Nc1cc(C(F)(F)F)ccc1F)C(N)=NO. The minimum atomic E-state index is -4.66. The van der Waals surface area contributed by atoms with Gasteiger partial charge in [0.05, 0.1) is 17.2 Å². The Hall–Kier alpha value is -2.32. The van der Waals surface area contributed by atoms with Crippen LogP contribution < -0.4 is 11.1 Å². The van der Waals surface area contributed by atoms with Gasteiger partial charge in [-0.05, 0) is 24.6 Å². The average molecular weight is 307 g/mol. The van der Waals surface area contributed by atoms with E-state index in [4.69, 9.17) is 10.9 Å². The molecule has 1 aromatic rings. The fraction of sp³-hybridized carbons (Fsp3) is 0.333. The van der Waals surface area contributed by atoms with Crippen molar-refractivity contribution in [2.45, 2.75) is 19.5 Å². The maximum atomic E-state index is 13.5. The Morgan fingerprint density at radius 1 is 1.48 bits per heavy atom. The van der Waals surface area contributed by atoms with Crippen LogP contribution in [0.3, 0.4) is 0 Å². The van der Waals surface area contributed by atoms with Crippen LogP contribution in [0, 0.1) is 11.7 Å². The number of hydrogen-bond donors (Lipinski definition) is 3. The second kappa shape index (κ2) is 6.42. The largest absolute Gasteiger partial charge is 0.416 e. The van der Waals surface area contributed by atoms with Gasteiger partial charge in [-0.3, -0.25) is 4.79 Å². The molecule has 1 unspecified atom stereocenters. The van der Waals surface area contributed by atoms with Crippen molar-refractivity contribution in [3.63, 3.8) is 0 Å². The number of amidine groups is 1. The number of alkyl halides is 3. The fourth-order valence-corrected chi connectivity index (χ4v) is 1.62. The highest BCUT2D eigenvalue weighted by atomic mass is 19.4. The molecule has 0 fully saturated rings. The molecule has 9 heteroatoms. The van der Waals surface area contributed by atoms with Crippen molar-refractivity contribution in [1.82, 2.24) is 0 Å². The van der Waals surface area contributed by atoms with Gasteiger partial charge in [-0.1, -0.05) is 12.1 Å². The van der Waals surface area contributed by atoms with Crippen molar-refractivity contribution in [1.29, 1.82) is 0 Å². The molecule has 116 valence electrons. The Balaban J connectivity index is 3.04. The minimum Gasteiger partial charge on any atom is -0.409 e. The summed E-state index contributed by atoms with van der Waals surface area (Å²) in [5.41, 5.74) is 3.56. The lowest BCUT2D eigenvalue weighted by Gasteiger charge is -2.15. The minimum absolute atomic E-state index is 0.127. The third-order valence-electron chi connectivity index (χ3n) is 2.75. The summed E-state index contributed by atoms with van der Waals surface area (Å²) < 4.78 is 51.1. The molecule has 1 aromatic carbocycles. The summed E-state index contributed by atoms with van der Waals surface area (Å²) in [6, 6.07) is 1.64. The van der Waals surface area contributed by atoms with E-state index in [0.29, 0.717) is 18.2 Å². The van der Waals surface area contributed by atoms with Gasteiger partial charge in [0, 0.05) is 0 Å². The van der Waals surface area contributed by atoms with E-state index in [2.05, 4.69) is 5.16 Å². The van der Waals surface area contributed by atoms with Crippen molar-refractivity contribution in [2.75, 3.05) is 5.32 Å². The molecule has 0 aliphatic heterocycles. The van der Waals surface area contributed by atoms with E-state index in [9.17, 15) is 22.4 Å². The highest BCUT2D eigenvalue weighted by Gasteiger charge is 2.31. The van der Waals surface area contributed by atoms with E-state index in [1.54, 1.807) is 6.92 Å². The molecule has 0 heterocycles. The van der Waals surface area contributed by atoms with Crippen LogP contribution in [-0.2, 0) is 11.0 Å². The van der Waals surface area contributed by atoms with Crippen molar-refractivity contribution < 1.29 is 27.6 Å². The van der Waals surface area contributed by atoms with E-state index in [0.717, 1.165) is 0 Å². The standard InChI is InChI=1S/C12H13F4N3O2/c1-2-7(10(17)19-21)11(20)18-9-5-6(12(14,15)16)3-4-8(9)13/h3-5,7,21H,2H2,1H3,(H2,17,19)(H,18,20). The molecule has 5 nitrogen and oxygen atoms in total. The zero-order valence-corrected chi connectivity index (χ0v) is 10.9. The van der Waals surface area contributed by atoms with Crippen molar-refractivity contribution in [2.24, 2.45) is 16.8 Å². The van der Waals surface area contributed by atoms with Gasteiger partial charge < -0.3 is 16.3 Å². The molecule has 0 aliphatic rings. The third kappa shape index (κ3) is 4.07. The number of hydrogen-bond acceptors (Lipinski definition) is 3. The number of oxime groups is 1. The number of benzene rings is 1. The highest BCUT2D eigenvalue weighted by molar-refractivity contribution is 6.07. The summed E-state index contributed by atoms with van der Waals surface area (Å²) in [6.45, 7) is 1.55. The first-order chi connectivity index (χ1) is 9.70. The Morgan fingerprint density at radius 3 is 2.57 bits per heavy atom. The Labute approximate surface area is 117 Å². The summed E-state index contributed by atoms with van der Waals surface area (Å²) in [7, 11) is 0. The lowest BCUT2D eigenvalue weighted by atomic mass is 10.0. The Kier molecular flexibility index (Phi) is 5.12. The van der Waals surface area contributed by atoms with Crippen LogP contribution in [-0.4, -0.2) is 17.0 Å². The number of anilines is 1. The number of nitrogens with zero attached hydrogens (tertiary/aromatic N) is 1. The monoisotopic (exact) mass is 307 g/mol. The van der Waals surface area contributed by atoms with Crippen LogP contribution in [0.25, 0.3) is 0 Å². The summed E-state index contributed by atoms with van der Waals surface area (Å²) in [4.78, 5) is 11.8. The van der Waals surface area contributed by atoms with Crippen molar-refractivity contribution >= 4 is 17.4 Å². The van der Waals surface area contributed by atoms with E-state index >= 15 is 0 Å². The third-order valence-corrected chi connectivity index (χ3v) is 2.75. The van der Waals surface area contributed by atoms with Gasteiger partial charge in [-0.25, -0.2) is 4.39 Å². The van der Waals surface area contributed by atoms with Gasteiger partial charge in [0.15, 0.2) is 5.84 Å². The summed E-state index contributed by atoms with van der Waals surface area (Å²) in [5.74, 6) is -3.39. The fourth-order valence-electron chi connectivity index (χ4n) is 1.62. The van der Waals surface area contributed by atoms with Crippen molar-refractivity contribution in [3.05, 3.63) is 29.6 Å². The van der Waals surface area contributed by atoms with Crippen LogP contribution in [0.2, 0.25) is 0 Å². The Morgan fingerprint density at radius 2 is 2.10 bits per heavy atom. The first-order valence-corrected chi connectivity index (χ1v) is 5.85. The number of carbonyl (C=O) groups is 1. The Bertz CT molecular complexity index is 558. The molecule has 21 heavy (non-hydrogen) atoms. The second-order valence-corrected chi connectivity index (χ2v) is 4.17. The zero-order chi connectivity index (χ0) is 16.2.